The average molecular weight is 407 g/mol. The first kappa shape index (κ1) is 18.8. The Balaban J connectivity index is 1.79. The number of primary amides is 1. The van der Waals surface area contributed by atoms with Crippen molar-refractivity contribution < 1.29 is 9.53 Å². The lowest BCUT2D eigenvalue weighted by molar-refractivity contribution is 0.100. The number of carbonyl (C=O) groups excluding carboxylic acids is 1. The molecule has 4 aromatic rings. The van der Waals surface area contributed by atoms with Crippen LogP contribution in [0.5, 0.6) is 5.75 Å². The Bertz CT molecular complexity index is 1190. The van der Waals surface area contributed by atoms with Crippen molar-refractivity contribution in [1.29, 1.82) is 0 Å². The number of hydrogen-bond donors (Lipinski definition) is 2. The number of amides is 1. The molecule has 0 atom stereocenters. The van der Waals surface area contributed by atoms with Gasteiger partial charge in [-0.2, -0.15) is 0 Å². The topological polar surface area (TPSA) is 82.2 Å². The van der Waals surface area contributed by atoms with Gasteiger partial charge in [0.25, 0.3) is 0 Å². The molecule has 0 fully saturated rings. The van der Waals surface area contributed by atoms with Crippen molar-refractivity contribution >= 4 is 40.2 Å². The van der Waals surface area contributed by atoms with E-state index in [1.165, 1.54) is 0 Å². The molecule has 1 amide bonds. The fraction of sp³-hybridized carbons (Fsp3) is 0.0909. The minimum atomic E-state index is -0.489. The Labute approximate surface area is 172 Å². The van der Waals surface area contributed by atoms with Crippen molar-refractivity contribution in [1.82, 2.24) is 9.55 Å². The van der Waals surface area contributed by atoms with Gasteiger partial charge in [-0.15, -0.1) is 0 Å². The molecule has 29 heavy (non-hydrogen) atoms. The number of aromatic nitrogens is 2. The third-order valence-electron chi connectivity index (χ3n) is 4.67. The van der Waals surface area contributed by atoms with E-state index >= 15 is 0 Å². The number of halogens is 1. The second-order valence-electron chi connectivity index (χ2n) is 6.53. The maximum absolute atomic E-state index is 11.6. The molecule has 0 saturated heterocycles. The lowest BCUT2D eigenvalue weighted by Crippen LogP contribution is -2.10. The molecule has 0 unspecified atom stereocenters. The van der Waals surface area contributed by atoms with Gasteiger partial charge < -0.3 is 20.4 Å². The minimum absolute atomic E-state index is 0.413. The molecule has 0 aliphatic rings. The van der Waals surface area contributed by atoms with E-state index < -0.39 is 5.91 Å². The summed E-state index contributed by atoms with van der Waals surface area (Å²) < 4.78 is 7.23. The summed E-state index contributed by atoms with van der Waals surface area (Å²) in [4.78, 5) is 16.3. The van der Waals surface area contributed by atoms with Crippen LogP contribution in [0.25, 0.3) is 11.0 Å². The van der Waals surface area contributed by atoms with E-state index in [1.54, 1.807) is 19.2 Å². The molecule has 0 aliphatic carbocycles. The largest absolute Gasteiger partial charge is 0.497 e. The summed E-state index contributed by atoms with van der Waals surface area (Å²) in [5.41, 5.74) is 9.20. The lowest BCUT2D eigenvalue weighted by atomic mass is 10.2. The summed E-state index contributed by atoms with van der Waals surface area (Å²) in [6.07, 6.45) is 0. The number of ether oxygens (including phenoxy) is 1. The van der Waals surface area contributed by atoms with Gasteiger partial charge in [0.05, 0.1) is 24.7 Å². The Morgan fingerprint density at radius 2 is 1.90 bits per heavy atom. The molecule has 3 N–H and O–H groups in total. The van der Waals surface area contributed by atoms with E-state index in [1.807, 2.05) is 59.2 Å². The van der Waals surface area contributed by atoms with Gasteiger partial charge in [0.1, 0.15) is 5.75 Å². The Hall–Kier alpha value is -3.51. The molecule has 0 spiro atoms. The van der Waals surface area contributed by atoms with Crippen LogP contribution >= 0.6 is 11.6 Å². The molecule has 7 heteroatoms. The maximum Gasteiger partial charge on any atom is 0.248 e. The number of carbonyl (C=O) groups is 1. The fourth-order valence-electron chi connectivity index (χ4n) is 3.14. The van der Waals surface area contributed by atoms with Gasteiger partial charge in [0.2, 0.25) is 11.9 Å². The average Bonchev–Trinajstić information content (AvgIpc) is 3.06. The van der Waals surface area contributed by atoms with Gasteiger partial charge in [0, 0.05) is 16.3 Å². The number of benzene rings is 3. The first-order chi connectivity index (χ1) is 14.0. The number of anilines is 2. The van der Waals surface area contributed by atoms with Crippen molar-refractivity contribution in [3.05, 3.63) is 82.9 Å². The molecule has 0 radical (unpaired) electrons. The monoisotopic (exact) mass is 406 g/mol. The number of nitrogens with one attached hydrogen (secondary N) is 1. The number of imidazole rings is 1. The first-order valence-corrected chi connectivity index (χ1v) is 9.37. The fourth-order valence-corrected chi connectivity index (χ4v) is 3.33. The Morgan fingerprint density at radius 3 is 2.59 bits per heavy atom. The smallest absolute Gasteiger partial charge is 0.248 e. The van der Waals surface area contributed by atoms with E-state index in [0.717, 1.165) is 22.5 Å². The highest BCUT2D eigenvalue weighted by molar-refractivity contribution is 6.31. The third kappa shape index (κ3) is 3.88. The normalized spacial score (nSPS) is 10.8. The molecule has 146 valence electrons. The lowest BCUT2D eigenvalue weighted by Gasteiger charge is -2.12. The van der Waals surface area contributed by atoms with Crippen molar-refractivity contribution in [3.63, 3.8) is 0 Å². The van der Waals surface area contributed by atoms with Crippen LogP contribution in [0.3, 0.4) is 0 Å². The van der Waals surface area contributed by atoms with Gasteiger partial charge in [-0.1, -0.05) is 29.8 Å². The van der Waals surface area contributed by atoms with Crippen LogP contribution in [0.2, 0.25) is 5.02 Å². The number of hydrogen-bond acceptors (Lipinski definition) is 4. The summed E-state index contributed by atoms with van der Waals surface area (Å²) in [6.45, 7) is 0.518. The predicted octanol–water partition coefficient (Wildman–Crippen LogP) is 4.59. The second kappa shape index (κ2) is 7.85. The maximum atomic E-state index is 11.6. The van der Waals surface area contributed by atoms with Gasteiger partial charge in [-0.3, -0.25) is 4.79 Å². The van der Waals surface area contributed by atoms with Crippen LogP contribution in [0, 0.1) is 0 Å². The molecule has 1 heterocycles. The molecule has 1 aromatic heterocycles. The molecular weight excluding hydrogens is 388 g/mol. The third-order valence-corrected chi connectivity index (χ3v) is 5.03. The van der Waals surface area contributed by atoms with Crippen LogP contribution in [0.4, 0.5) is 11.6 Å². The highest BCUT2D eigenvalue weighted by Crippen LogP contribution is 2.27. The molecule has 3 aromatic carbocycles. The van der Waals surface area contributed by atoms with Gasteiger partial charge >= 0.3 is 0 Å². The van der Waals surface area contributed by atoms with Crippen LogP contribution in [0.15, 0.2) is 66.7 Å². The quantitative estimate of drug-likeness (QED) is 0.490. The highest BCUT2D eigenvalue weighted by atomic mass is 35.5. The van der Waals surface area contributed by atoms with Crippen molar-refractivity contribution in [2.75, 3.05) is 12.4 Å². The second-order valence-corrected chi connectivity index (χ2v) is 6.94. The number of nitrogens with zero attached hydrogens (tertiary/aromatic N) is 2. The zero-order chi connectivity index (χ0) is 20.4. The van der Waals surface area contributed by atoms with E-state index in [-0.39, 0.29) is 0 Å². The van der Waals surface area contributed by atoms with E-state index in [0.29, 0.717) is 28.6 Å². The Morgan fingerprint density at radius 1 is 1.14 bits per heavy atom. The van der Waals surface area contributed by atoms with Gasteiger partial charge in [-0.25, -0.2) is 4.98 Å². The van der Waals surface area contributed by atoms with E-state index in [9.17, 15) is 4.79 Å². The van der Waals surface area contributed by atoms with Crippen LogP contribution in [-0.4, -0.2) is 22.6 Å². The summed E-state index contributed by atoms with van der Waals surface area (Å²) in [5.74, 6) is 0.912. The molecule has 0 bridgehead atoms. The highest BCUT2D eigenvalue weighted by Gasteiger charge is 2.14. The number of nitrogens with two attached hydrogens (primary N) is 1. The molecular formula is C22H19ClN4O2. The SMILES string of the molecule is COc1ccc(Nc2nc3cc(C(N)=O)ccc3n2Cc2ccccc2Cl)cc1. The minimum Gasteiger partial charge on any atom is -0.497 e. The zero-order valence-electron chi connectivity index (χ0n) is 15.7. The van der Waals surface area contributed by atoms with Crippen molar-refractivity contribution in [2.45, 2.75) is 6.54 Å². The molecule has 0 saturated carbocycles. The van der Waals surface area contributed by atoms with Gasteiger partial charge in [0.15, 0.2) is 0 Å². The van der Waals surface area contributed by atoms with Crippen molar-refractivity contribution in [2.24, 2.45) is 5.73 Å². The van der Waals surface area contributed by atoms with E-state index in [2.05, 4.69) is 10.3 Å². The van der Waals surface area contributed by atoms with Crippen molar-refractivity contribution in [3.8, 4) is 5.75 Å². The molecule has 6 nitrogen and oxygen atoms in total. The predicted molar refractivity (Wildman–Crippen MR) is 115 cm³/mol. The number of methoxy groups -OCH3 is 1. The molecule has 4 rings (SSSR count). The summed E-state index contributed by atoms with van der Waals surface area (Å²) in [5, 5.41) is 4.02. The Kier molecular flexibility index (Phi) is 5.10. The zero-order valence-corrected chi connectivity index (χ0v) is 16.5. The molecule has 0 aliphatic heterocycles. The summed E-state index contributed by atoms with van der Waals surface area (Å²) in [6, 6.07) is 20.5. The van der Waals surface area contributed by atoms with Crippen LogP contribution in [0.1, 0.15) is 15.9 Å². The van der Waals surface area contributed by atoms with Crippen LogP contribution in [-0.2, 0) is 6.54 Å². The number of fused-ring (bicyclic) bond motifs is 1. The standard InChI is InChI=1S/C22H19ClN4O2/c1-29-17-9-7-16(8-10-17)25-22-26-19-12-14(21(24)28)6-11-20(19)27(22)13-15-4-2-3-5-18(15)23/h2-12H,13H2,1H3,(H2,24,28)(H,25,26). The number of rotatable bonds is 6. The van der Waals surface area contributed by atoms with Crippen LogP contribution < -0.4 is 15.8 Å². The first-order valence-electron chi connectivity index (χ1n) is 9.00. The summed E-state index contributed by atoms with van der Waals surface area (Å²) in [7, 11) is 1.63. The van der Waals surface area contributed by atoms with E-state index in [4.69, 9.17) is 22.1 Å². The summed E-state index contributed by atoms with van der Waals surface area (Å²) >= 11 is 6.38. The van der Waals surface area contributed by atoms with Gasteiger partial charge in [-0.05, 0) is 54.1 Å².